The Labute approximate surface area is 133 Å². The zero-order valence-corrected chi connectivity index (χ0v) is 13.1. The molecule has 0 radical (unpaired) electrons. The maximum atomic E-state index is 2.28. The zero-order chi connectivity index (χ0) is 15.2. The summed E-state index contributed by atoms with van der Waals surface area (Å²) in [5.74, 6) is 0. The average Bonchev–Trinajstić information content (AvgIpc) is 2.61. The fraction of sp³-hybridized carbons (Fsp3) is 0.182. The molecular formula is C22H22. The van der Waals surface area contributed by atoms with E-state index in [1.165, 1.54) is 27.8 Å². The van der Waals surface area contributed by atoms with Crippen LogP contribution in [0.2, 0.25) is 0 Å². The number of hydrogen-bond acceptors (Lipinski definition) is 0. The molecule has 0 amide bonds. The molecule has 0 nitrogen and oxygen atoms in total. The lowest BCUT2D eigenvalue weighted by Gasteiger charge is -2.14. The molecule has 0 fully saturated rings. The maximum absolute atomic E-state index is 2.28. The summed E-state index contributed by atoms with van der Waals surface area (Å²) in [5.41, 5.74) is 7.07. The van der Waals surface area contributed by atoms with E-state index in [0.717, 1.165) is 19.3 Å². The Morgan fingerprint density at radius 3 is 1.91 bits per heavy atom. The van der Waals surface area contributed by atoms with E-state index in [0.29, 0.717) is 0 Å². The summed E-state index contributed by atoms with van der Waals surface area (Å²) in [4.78, 5) is 0. The van der Waals surface area contributed by atoms with Gasteiger partial charge in [0.2, 0.25) is 0 Å². The van der Waals surface area contributed by atoms with Crippen LogP contribution in [0.1, 0.15) is 23.6 Å². The Balaban J connectivity index is 1.94. The first-order valence-corrected chi connectivity index (χ1v) is 8.08. The molecule has 0 bridgehead atoms. The van der Waals surface area contributed by atoms with Crippen LogP contribution in [0, 0.1) is 0 Å². The highest BCUT2D eigenvalue weighted by molar-refractivity contribution is 5.71. The standard InChI is InChI=1S/C22H22/c1-2-19-14-9-15-21(17-16-18-10-5-3-6-11-18)22(19)20-12-7-4-8-13-20/h3-15H,2,16-17H2,1H3. The second kappa shape index (κ2) is 7.09. The molecule has 0 saturated heterocycles. The van der Waals surface area contributed by atoms with E-state index in [4.69, 9.17) is 0 Å². The number of aryl methyl sites for hydroxylation is 3. The molecular weight excluding hydrogens is 264 g/mol. The summed E-state index contributed by atoms with van der Waals surface area (Å²) < 4.78 is 0. The molecule has 3 rings (SSSR count). The predicted molar refractivity (Wildman–Crippen MR) is 95.1 cm³/mol. The molecule has 0 saturated carbocycles. The molecule has 3 aromatic carbocycles. The van der Waals surface area contributed by atoms with Crippen molar-refractivity contribution >= 4 is 0 Å². The quantitative estimate of drug-likeness (QED) is 0.564. The lowest BCUT2D eigenvalue weighted by atomic mass is 9.90. The first kappa shape index (κ1) is 14.6. The van der Waals surface area contributed by atoms with Crippen LogP contribution in [-0.2, 0) is 19.3 Å². The molecule has 0 spiro atoms. The molecule has 0 heterocycles. The van der Waals surface area contributed by atoms with E-state index in [1.807, 2.05) is 0 Å². The summed E-state index contributed by atoms with van der Waals surface area (Å²) >= 11 is 0. The van der Waals surface area contributed by atoms with Crippen LogP contribution in [0.15, 0.2) is 78.9 Å². The van der Waals surface area contributed by atoms with Gasteiger partial charge >= 0.3 is 0 Å². The van der Waals surface area contributed by atoms with Gasteiger partial charge in [-0.15, -0.1) is 0 Å². The van der Waals surface area contributed by atoms with Gasteiger partial charge in [-0.3, -0.25) is 0 Å². The molecule has 110 valence electrons. The van der Waals surface area contributed by atoms with Gasteiger partial charge in [0, 0.05) is 0 Å². The Morgan fingerprint density at radius 1 is 0.591 bits per heavy atom. The van der Waals surface area contributed by atoms with Crippen LogP contribution in [0.4, 0.5) is 0 Å². The van der Waals surface area contributed by atoms with Crippen molar-refractivity contribution in [2.24, 2.45) is 0 Å². The Hall–Kier alpha value is -2.34. The van der Waals surface area contributed by atoms with Crippen LogP contribution >= 0.6 is 0 Å². The highest BCUT2D eigenvalue weighted by atomic mass is 14.1. The Bertz CT molecular complexity index is 712. The van der Waals surface area contributed by atoms with Gasteiger partial charge in [0.15, 0.2) is 0 Å². The van der Waals surface area contributed by atoms with Gasteiger partial charge in [0.1, 0.15) is 0 Å². The monoisotopic (exact) mass is 286 g/mol. The molecule has 0 heteroatoms. The molecule has 0 aliphatic rings. The zero-order valence-electron chi connectivity index (χ0n) is 13.1. The summed E-state index contributed by atoms with van der Waals surface area (Å²) in [7, 11) is 0. The number of hydrogen-bond donors (Lipinski definition) is 0. The van der Waals surface area contributed by atoms with Crippen molar-refractivity contribution in [2.45, 2.75) is 26.2 Å². The number of benzene rings is 3. The van der Waals surface area contributed by atoms with E-state index >= 15 is 0 Å². The topological polar surface area (TPSA) is 0 Å². The smallest absolute Gasteiger partial charge is 0.0120 e. The van der Waals surface area contributed by atoms with Crippen molar-refractivity contribution in [3.63, 3.8) is 0 Å². The van der Waals surface area contributed by atoms with Gasteiger partial charge < -0.3 is 0 Å². The third-order valence-electron chi connectivity index (χ3n) is 4.21. The van der Waals surface area contributed by atoms with E-state index in [2.05, 4.69) is 85.8 Å². The molecule has 0 unspecified atom stereocenters. The highest BCUT2D eigenvalue weighted by Crippen LogP contribution is 2.29. The molecule has 22 heavy (non-hydrogen) atoms. The van der Waals surface area contributed by atoms with Crippen molar-refractivity contribution in [3.05, 3.63) is 95.6 Å². The lowest BCUT2D eigenvalue weighted by molar-refractivity contribution is 0.956. The minimum atomic E-state index is 1.07. The fourth-order valence-corrected chi connectivity index (χ4v) is 3.06. The third-order valence-corrected chi connectivity index (χ3v) is 4.21. The van der Waals surface area contributed by atoms with E-state index in [9.17, 15) is 0 Å². The minimum absolute atomic E-state index is 1.07. The molecule has 3 aromatic rings. The van der Waals surface area contributed by atoms with Crippen LogP contribution in [0.3, 0.4) is 0 Å². The van der Waals surface area contributed by atoms with Crippen molar-refractivity contribution in [1.29, 1.82) is 0 Å². The van der Waals surface area contributed by atoms with Crippen LogP contribution in [0.25, 0.3) is 11.1 Å². The highest BCUT2D eigenvalue weighted by Gasteiger charge is 2.09. The van der Waals surface area contributed by atoms with E-state index in [1.54, 1.807) is 0 Å². The summed E-state index contributed by atoms with van der Waals surface area (Å²) in [6, 6.07) is 28.3. The molecule has 0 atom stereocenters. The second-order valence-corrected chi connectivity index (χ2v) is 5.66. The maximum Gasteiger partial charge on any atom is -0.0120 e. The lowest BCUT2D eigenvalue weighted by Crippen LogP contribution is -1.98. The summed E-state index contributed by atoms with van der Waals surface area (Å²) in [6.07, 6.45) is 3.25. The van der Waals surface area contributed by atoms with Gasteiger partial charge in [-0.1, -0.05) is 85.8 Å². The molecule has 0 aliphatic carbocycles. The van der Waals surface area contributed by atoms with Crippen molar-refractivity contribution in [1.82, 2.24) is 0 Å². The molecule has 0 aromatic heterocycles. The van der Waals surface area contributed by atoms with Crippen molar-refractivity contribution in [3.8, 4) is 11.1 Å². The third kappa shape index (κ3) is 3.28. The van der Waals surface area contributed by atoms with Crippen LogP contribution in [-0.4, -0.2) is 0 Å². The van der Waals surface area contributed by atoms with Crippen molar-refractivity contribution in [2.75, 3.05) is 0 Å². The Morgan fingerprint density at radius 2 is 1.23 bits per heavy atom. The van der Waals surface area contributed by atoms with E-state index < -0.39 is 0 Å². The normalized spacial score (nSPS) is 10.6. The fourth-order valence-electron chi connectivity index (χ4n) is 3.06. The van der Waals surface area contributed by atoms with Gasteiger partial charge in [-0.05, 0) is 47.1 Å². The Kier molecular flexibility index (Phi) is 4.70. The average molecular weight is 286 g/mol. The summed E-state index contributed by atoms with van der Waals surface area (Å²) in [5, 5.41) is 0. The molecule has 0 N–H and O–H groups in total. The SMILES string of the molecule is CCc1cccc(CCc2ccccc2)c1-c1ccccc1. The van der Waals surface area contributed by atoms with Crippen molar-refractivity contribution < 1.29 is 0 Å². The summed E-state index contributed by atoms with van der Waals surface area (Å²) in [6.45, 7) is 2.24. The van der Waals surface area contributed by atoms with E-state index in [-0.39, 0.29) is 0 Å². The van der Waals surface area contributed by atoms with Gasteiger partial charge in [0.05, 0.1) is 0 Å². The van der Waals surface area contributed by atoms with Crippen LogP contribution < -0.4 is 0 Å². The first-order valence-electron chi connectivity index (χ1n) is 8.08. The second-order valence-electron chi connectivity index (χ2n) is 5.66. The first-order chi connectivity index (χ1) is 10.9. The van der Waals surface area contributed by atoms with Gasteiger partial charge in [0.25, 0.3) is 0 Å². The predicted octanol–water partition coefficient (Wildman–Crippen LogP) is 5.70. The minimum Gasteiger partial charge on any atom is -0.0622 e. The largest absolute Gasteiger partial charge is 0.0622 e. The molecule has 0 aliphatic heterocycles. The van der Waals surface area contributed by atoms with Crippen LogP contribution in [0.5, 0.6) is 0 Å². The van der Waals surface area contributed by atoms with Gasteiger partial charge in [-0.25, -0.2) is 0 Å². The van der Waals surface area contributed by atoms with Gasteiger partial charge in [-0.2, -0.15) is 0 Å². The number of rotatable bonds is 5.